The maximum Gasteiger partial charge on any atom is 0.155 e. The quantitative estimate of drug-likeness (QED) is 0.657. The molecule has 2 nitrogen and oxygen atoms in total. The molecule has 0 bridgehead atoms. The largest absolute Gasteiger partial charge is 0.295 e. The number of carbonyl (C=O) groups is 1. The van der Waals surface area contributed by atoms with Gasteiger partial charge >= 0.3 is 0 Å². The lowest BCUT2D eigenvalue weighted by atomic mass is 9.51. The Hall–Kier alpha value is -1.36. The Morgan fingerprint density at radius 3 is 2.72 bits per heavy atom. The Morgan fingerprint density at radius 2 is 2.17 bits per heavy atom. The minimum atomic E-state index is -0.485. The zero-order valence-electron chi connectivity index (χ0n) is 11.5. The van der Waals surface area contributed by atoms with Crippen LogP contribution in [0, 0.1) is 28.1 Å². The van der Waals surface area contributed by atoms with E-state index in [4.69, 9.17) is 0 Å². The summed E-state index contributed by atoms with van der Waals surface area (Å²) in [6, 6.07) is 2.55. The lowest BCUT2D eigenvalue weighted by molar-refractivity contribution is -0.116. The number of nitriles is 1. The van der Waals surface area contributed by atoms with Crippen LogP contribution in [0.4, 0.5) is 0 Å². The monoisotopic (exact) mass is 243 g/mol. The zero-order valence-corrected chi connectivity index (χ0v) is 11.5. The van der Waals surface area contributed by atoms with Gasteiger partial charge in [-0.2, -0.15) is 5.26 Å². The molecule has 1 fully saturated rings. The highest BCUT2D eigenvalue weighted by molar-refractivity contribution is 5.92. The van der Waals surface area contributed by atoms with Crippen LogP contribution in [0.5, 0.6) is 0 Å². The Kier molecular flexibility index (Phi) is 2.97. The van der Waals surface area contributed by atoms with Crippen LogP contribution in [-0.4, -0.2) is 5.78 Å². The second-order valence-electron chi connectivity index (χ2n) is 6.43. The van der Waals surface area contributed by atoms with E-state index in [-0.39, 0.29) is 17.1 Å². The van der Waals surface area contributed by atoms with Crippen molar-refractivity contribution >= 4 is 5.78 Å². The summed E-state index contributed by atoms with van der Waals surface area (Å²) in [5, 5.41) is 9.77. The van der Waals surface area contributed by atoms with Crippen molar-refractivity contribution in [1.29, 1.82) is 5.26 Å². The second kappa shape index (κ2) is 4.09. The molecular weight excluding hydrogens is 222 g/mol. The van der Waals surface area contributed by atoms with E-state index in [2.05, 4.69) is 26.5 Å². The lowest BCUT2D eigenvalue weighted by Gasteiger charge is -2.50. The number of nitrogens with zero attached hydrogens (tertiary/aromatic N) is 1. The molecule has 2 aliphatic rings. The fourth-order valence-corrected chi connectivity index (χ4v) is 3.73. The smallest absolute Gasteiger partial charge is 0.155 e. The number of rotatable bonds is 1. The highest BCUT2D eigenvalue weighted by atomic mass is 16.1. The third kappa shape index (κ3) is 1.73. The van der Waals surface area contributed by atoms with Crippen molar-refractivity contribution in [3.05, 3.63) is 23.8 Å². The molecule has 0 aromatic heterocycles. The SMILES string of the molecule is C=C(C)[C@@H]1CCC(C)(C)C2=CC(=O)CC[C@@]21C#N. The summed E-state index contributed by atoms with van der Waals surface area (Å²) in [5.41, 5.74) is 1.60. The van der Waals surface area contributed by atoms with E-state index in [1.807, 2.05) is 6.92 Å². The zero-order chi connectivity index (χ0) is 13.6. The van der Waals surface area contributed by atoms with E-state index >= 15 is 0 Å². The maximum absolute atomic E-state index is 11.7. The van der Waals surface area contributed by atoms with Gasteiger partial charge in [-0.25, -0.2) is 0 Å². The number of ketones is 1. The molecule has 0 unspecified atom stereocenters. The van der Waals surface area contributed by atoms with Crippen LogP contribution in [-0.2, 0) is 4.79 Å². The summed E-state index contributed by atoms with van der Waals surface area (Å²) in [6.07, 6.45) is 4.93. The van der Waals surface area contributed by atoms with Crippen molar-refractivity contribution < 1.29 is 4.79 Å². The van der Waals surface area contributed by atoms with Gasteiger partial charge in [0.2, 0.25) is 0 Å². The molecule has 96 valence electrons. The van der Waals surface area contributed by atoms with Gasteiger partial charge in [-0.15, -0.1) is 0 Å². The Balaban J connectivity index is 2.60. The first kappa shape index (κ1) is 13.1. The van der Waals surface area contributed by atoms with E-state index in [1.165, 1.54) is 0 Å². The Bertz CT molecular complexity index is 478. The van der Waals surface area contributed by atoms with Crippen LogP contribution in [0.15, 0.2) is 23.8 Å². The van der Waals surface area contributed by atoms with E-state index in [1.54, 1.807) is 6.08 Å². The van der Waals surface area contributed by atoms with Gasteiger partial charge in [-0.05, 0) is 43.3 Å². The summed E-state index contributed by atoms with van der Waals surface area (Å²) in [6.45, 7) is 10.4. The average molecular weight is 243 g/mol. The van der Waals surface area contributed by atoms with Crippen LogP contribution < -0.4 is 0 Å². The fraction of sp³-hybridized carbons (Fsp3) is 0.625. The van der Waals surface area contributed by atoms with E-state index < -0.39 is 5.41 Å². The highest BCUT2D eigenvalue weighted by Gasteiger charge is 2.52. The Labute approximate surface area is 109 Å². The van der Waals surface area contributed by atoms with Crippen molar-refractivity contribution in [2.24, 2.45) is 16.7 Å². The number of allylic oxidation sites excluding steroid dienone is 3. The summed E-state index contributed by atoms with van der Waals surface area (Å²) in [5.74, 6) is 0.376. The van der Waals surface area contributed by atoms with E-state index in [0.29, 0.717) is 12.8 Å². The molecule has 1 saturated carbocycles. The van der Waals surface area contributed by atoms with Gasteiger partial charge in [0, 0.05) is 12.3 Å². The highest BCUT2D eigenvalue weighted by Crippen LogP contribution is 2.58. The lowest BCUT2D eigenvalue weighted by Crippen LogP contribution is -2.45. The molecule has 2 rings (SSSR count). The van der Waals surface area contributed by atoms with Gasteiger partial charge in [0.1, 0.15) is 0 Å². The van der Waals surface area contributed by atoms with Gasteiger partial charge in [-0.1, -0.05) is 26.0 Å². The summed E-state index contributed by atoms with van der Waals surface area (Å²) in [4.78, 5) is 11.7. The average Bonchev–Trinajstić information content (AvgIpc) is 2.29. The predicted molar refractivity (Wildman–Crippen MR) is 71.7 cm³/mol. The van der Waals surface area contributed by atoms with Gasteiger partial charge in [-0.3, -0.25) is 4.79 Å². The summed E-state index contributed by atoms with van der Waals surface area (Å²) >= 11 is 0. The third-order valence-corrected chi connectivity index (χ3v) is 4.73. The van der Waals surface area contributed by atoms with E-state index in [0.717, 1.165) is 24.0 Å². The minimum absolute atomic E-state index is 0.0439. The maximum atomic E-state index is 11.7. The first-order valence-electron chi connectivity index (χ1n) is 6.65. The molecule has 0 aromatic carbocycles. The molecule has 0 aromatic rings. The first-order chi connectivity index (χ1) is 8.33. The molecule has 0 spiro atoms. The molecule has 2 aliphatic carbocycles. The van der Waals surface area contributed by atoms with Gasteiger partial charge in [0.05, 0.1) is 11.5 Å². The van der Waals surface area contributed by atoms with Crippen molar-refractivity contribution in [2.45, 2.75) is 46.5 Å². The van der Waals surface area contributed by atoms with Crippen LogP contribution in [0.2, 0.25) is 0 Å². The van der Waals surface area contributed by atoms with Crippen molar-refractivity contribution in [3.63, 3.8) is 0 Å². The summed E-state index contributed by atoms with van der Waals surface area (Å²) in [7, 11) is 0. The molecule has 0 radical (unpaired) electrons. The first-order valence-corrected chi connectivity index (χ1v) is 6.65. The van der Waals surface area contributed by atoms with E-state index in [9.17, 15) is 10.1 Å². The number of carbonyl (C=O) groups excluding carboxylic acids is 1. The summed E-state index contributed by atoms with van der Waals surface area (Å²) < 4.78 is 0. The predicted octanol–water partition coefficient (Wildman–Crippen LogP) is 3.80. The molecule has 0 N–H and O–H groups in total. The van der Waals surface area contributed by atoms with Gasteiger partial charge in [0.15, 0.2) is 5.78 Å². The molecule has 18 heavy (non-hydrogen) atoms. The van der Waals surface area contributed by atoms with Crippen LogP contribution >= 0.6 is 0 Å². The topological polar surface area (TPSA) is 40.9 Å². The Morgan fingerprint density at radius 1 is 1.50 bits per heavy atom. The standard InChI is InChI=1S/C16H21NO/c1-11(2)13-6-7-15(3,4)14-9-12(18)5-8-16(13,14)10-17/h9,13H,1,5-8H2,2-4H3/t13-,16-/m0/s1. The van der Waals surface area contributed by atoms with Crippen molar-refractivity contribution in [3.8, 4) is 6.07 Å². The van der Waals surface area contributed by atoms with Crippen LogP contribution in [0.3, 0.4) is 0 Å². The molecule has 0 heterocycles. The van der Waals surface area contributed by atoms with Gasteiger partial charge < -0.3 is 0 Å². The molecule has 2 heteroatoms. The molecule has 0 amide bonds. The third-order valence-electron chi connectivity index (χ3n) is 4.73. The van der Waals surface area contributed by atoms with Crippen molar-refractivity contribution in [2.75, 3.05) is 0 Å². The number of hydrogen-bond donors (Lipinski definition) is 0. The van der Waals surface area contributed by atoms with Crippen molar-refractivity contribution in [1.82, 2.24) is 0 Å². The second-order valence-corrected chi connectivity index (χ2v) is 6.43. The van der Waals surface area contributed by atoms with Crippen LogP contribution in [0.1, 0.15) is 46.5 Å². The molecule has 0 saturated heterocycles. The number of hydrogen-bond acceptors (Lipinski definition) is 2. The normalized spacial score (nSPS) is 34.2. The molecule has 0 aliphatic heterocycles. The fourth-order valence-electron chi connectivity index (χ4n) is 3.73. The molecule has 2 atom stereocenters. The molecular formula is C16H21NO. The number of fused-ring (bicyclic) bond motifs is 1. The minimum Gasteiger partial charge on any atom is -0.295 e. The van der Waals surface area contributed by atoms with Gasteiger partial charge in [0.25, 0.3) is 0 Å². The van der Waals surface area contributed by atoms with Crippen LogP contribution in [0.25, 0.3) is 0 Å².